The molecule has 1 N–H and O–H groups in total. The maximum Gasteiger partial charge on any atom is 0.269 e. The molecular weight excluding hydrogens is 218 g/mol. The molecule has 0 atom stereocenters. The van der Waals surface area contributed by atoms with Gasteiger partial charge in [-0.2, -0.15) is 5.26 Å². The number of hydrogen-bond donors (Lipinski definition) is 1. The Kier molecular flexibility index (Phi) is 4.05. The lowest BCUT2D eigenvalue weighted by atomic mass is 10.1. The normalized spacial score (nSPS) is 10.1. The molecule has 0 aliphatic rings. The lowest BCUT2D eigenvalue weighted by Gasteiger charge is -2.14. The van der Waals surface area contributed by atoms with Crippen LogP contribution in [0.2, 0.25) is 0 Å². The Morgan fingerprint density at radius 3 is 2.65 bits per heavy atom. The number of carbonyl (C=O) groups is 1. The van der Waals surface area contributed by atoms with Crippen LogP contribution >= 0.6 is 0 Å². The molecule has 0 unspecified atom stereocenters. The van der Waals surface area contributed by atoms with E-state index in [-0.39, 0.29) is 23.9 Å². The summed E-state index contributed by atoms with van der Waals surface area (Å²) in [5.41, 5.74) is 0.387. The highest BCUT2D eigenvalue weighted by Crippen LogP contribution is 2.12. The Hall–Kier alpha value is -2.09. The summed E-state index contributed by atoms with van der Waals surface area (Å²) in [6, 6.07) is 5.04. The second-order valence-corrected chi connectivity index (χ2v) is 4.00. The van der Waals surface area contributed by atoms with Gasteiger partial charge in [0.15, 0.2) is 0 Å². The van der Waals surface area contributed by atoms with E-state index in [0.717, 1.165) is 5.69 Å². The number of amides is 1. The number of likely N-dealkylation sites (N-methyl/N-ethyl adjacent to an activating group) is 1. The Morgan fingerprint density at radius 1 is 1.53 bits per heavy atom. The van der Waals surface area contributed by atoms with E-state index in [0.29, 0.717) is 0 Å². The second-order valence-electron chi connectivity index (χ2n) is 4.00. The van der Waals surface area contributed by atoms with Crippen molar-refractivity contribution in [2.45, 2.75) is 26.3 Å². The number of aromatic nitrogens is 1. The van der Waals surface area contributed by atoms with Gasteiger partial charge in [0.25, 0.3) is 5.56 Å². The first-order valence-electron chi connectivity index (χ1n) is 5.35. The van der Waals surface area contributed by atoms with E-state index in [1.54, 1.807) is 6.07 Å². The number of hydrogen-bond acceptors (Lipinski definition) is 3. The van der Waals surface area contributed by atoms with Crippen LogP contribution in [0.15, 0.2) is 16.9 Å². The minimum absolute atomic E-state index is 0.0540. The van der Waals surface area contributed by atoms with Gasteiger partial charge in [-0.3, -0.25) is 9.59 Å². The lowest BCUT2D eigenvalue weighted by molar-refractivity contribution is -0.121. The van der Waals surface area contributed by atoms with Gasteiger partial charge in [0.1, 0.15) is 18.2 Å². The summed E-state index contributed by atoms with van der Waals surface area (Å²) in [4.78, 5) is 23.3. The van der Waals surface area contributed by atoms with Gasteiger partial charge < -0.3 is 9.88 Å². The van der Waals surface area contributed by atoms with Gasteiger partial charge in [0.2, 0.25) is 5.91 Å². The summed E-state index contributed by atoms with van der Waals surface area (Å²) in [6.07, 6.45) is 0. The van der Waals surface area contributed by atoms with Crippen LogP contribution in [0.25, 0.3) is 0 Å². The summed E-state index contributed by atoms with van der Waals surface area (Å²) < 4.78 is 1.35. The highest BCUT2D eigenvalue weighted by molar-refractivity contribution is 5.75. The van der Waals surface area contributed by atoms with Crippen LogP contribution in [0.3, 0.4) is 0 Å². The standard InChI is InChI=1S/C12H15N3O2/c1-8(2)10-5-4-9(6-13)12(17)15(10)7-11(16)14-3/h4-5,8H,7H2,1-3H3,(H,14,16). The number of nitriles is 1. The third-order valence-electron chi connectivity index (χ3n) is 2.50. The minimum atomic E-state index is -0.415. The maximum atomic E-state index is 11.9. The van der Waals surface area contributed by atoms with Gasteiger partial charge in [-0.25, -0.2) is 0 Å². The molecule has 0 aliphatic heterocycles. The van der Waals surface area contributed by atoms with Crippen molar-refractivity contribution in [1.82, 2.24) is 9.88 Å². The zero-order valence-corrected chi connectivity index (χ0v) is 10.2. The predicted octanol–water partition coefficient (Wildman–Crippen LogP) is 0.589. The monoisotopic (exact) mass is 233 g/mol. The molecule has 1 heterocycles. The van der Waals surface area contributed by atoms with Gasteiger partial charge >= 0.3 is 0 Å². The molecule has 90 valence electrons. The Labute approximate surface area is 99.7 Å². The first-order valence-corrected chi connectivity index (χ1v) is 5.35. The number of nitrogens with zero attached hydrogens (tertiary/aromatic N) is 2. The summed E-state index contributed by atoms with van der Waals surface area (Å²) >= 11 is 0. The fourth-order valence-corrected chi connectivity index (χ4v) is 1.57. The molecule has 1 rings (SSSR count). The van der Waals surface area contributed by atoms with E-state index >= 15 is 0 Å². The minimum Gasteiger partial charge on any atom is -0.358 e. The van der Waals surface area contributed by atoms with Crippen LogP contribution in [0.5, 0.6) is 0 Å². The van der Waals surface area contributed by atoms with Crippen molar-refractivity contribution in [3.05, 3.63) is 33.7 Å². The quantitative estimate of drug-likeness (QED) is 0.830. The fraction of sp³-hybridized carbons (Fsp3) is 0.417. The van der Waals surface area contributed by atoms with E-state index in [4.69, 9.17) is 5.26 Å². The van der Waals surface area contributed by atoms with Crippen molar-refractivity contribution in [3.63, 3.8) is 0 Å². The zero-order chi connectivity index (χ0) is 13.0. The molecule has 0 aromatic carbocycles. The van der Waals surface area contributed by atoms with E-state index in [9.17, 15) is 9.59 Å². The molecule has 0 bridgehead atoms. The van der Waals surface area contributed by atoms with Crippen molar-refractivity contribution < 1.29 is 4.79 Å². The molecule has 17 heavy (non-hydrogen) atoms. The van der Waals surface area contributed by atoms with Crippen LogP contribution < -0.4 is 10.9 Å². The van der Waals surface area contributed by atoms with Crippen molar-refractivity contribution in [2.24, 2.45) is 0 Å². The molecule has 0 saturated heterocycles. The van der Waals surface area contributed by atoms with E-state index in [2.05, 4.69) is 5.32 Å². The molecule has 0 spiro atoms. The molecule has 5 heteroatoms. The molecule has 1 aromatic heterocycles. The fourth-order valence-electron chi connectivity index (χ4n) is 1.57. The average Bonchev–Trinajstić information content (AvgIpc) is 2.30. The van der Waals surface area contributed by atoms with E-state index < -0.39 is 5.56 Å². The molecular formula is C12H15N3O2. The topological polar surface area (TPSA) is 74.9 Å². The van der Waals surface area contributed by atoms with Gasteiger partial charge in [-0.05, 0) is 18.1 Å². The van der Waals surface area contributed by atoms with Gasteiger partial charge in [-0.15, -0.1) is 0 Å². The highest BCUT2D eigenvalue weighted by Gasteiger charge is 2.13. The third-order valence-corrected chi connectivity index (χ3v) is 2.50. The van der Waals surface area contributed by atoms with Gasteiger partial charge in [0, 0.05) is 12.7 Å². The molecule has 0 aliphatic carbocycles. The molecule has 1 aromatic rings. The number of carbonyl (C=O) groups excluding carboxylic acids is 1. The van der Waals surface area contributed by atoms with Crippen LogP contribution in [0, 0.1) is 11.3 Å². The first-order chi connectivity index (χ1) is 8.01. The van der Waals surface area contributed by atoms with Crippen LogP contribution in [-0.2, 0) is 11.3 Å². The van der Waals surface area contributed by atoms with Crippen LogP contribution in [0.1, 0.15) is 31.0 Å². The second kappa shape index (κ2) is 5.30. The largest absolute Gasteiger partial charge is 0.358 e. The Bertz CT molecular complexity index is 524. The number of nitrogens with one attached hydrogen (secondary N) is 1. The summed E-state index contributed by atoms with van der Waals surface area (Å²) in [6.45, 7) is 3.81. The predicted molar refractivity (Wildman–Crippen MR) is 63.6 cm³/mol. The van der Waals surface area contributed by atoms with Crippen molar-refractivity contribution in [3.8, 4) is 6.07 Å². The number of pyridine rings is 1. The molecule has 0 saturated carbocycles. The summed E-state index contributed by atoms with van der Waals surface area (Å²) in [7, 11) is 1.51. The van der Waals surface area contributed by atoms with Gasteiger partial charge in [-0.1, -0.05) is 13.8 Å². The van der Waals surface area contributed by atoms with Crippen molar-refractivity contribution in [2.75, 3.05) is 7.05 Å². The maximum absolute atomic E-state index is 11.9. The Morgan fingerprint density at radius 2 is 2.18 bits per heavy atom. The average molecular weight is 233 g/mol. The van der Waals surface area contributed by atoms with Crippen LogP contribution in [-0.4, -0.2) is 17.5 Å². The number of rotatable bonds is 3. The molecule has 0 radical (unpaired) electrons. The van der Waals surface area contributed by atoms with E-state index in [1.807, 2.05) is 19.9 Å². The van der Waals surface area contributed by atoms with Crippen molar-refractivity contribution in [1.29, 1.82) is 5.26 Å². The third kappa shape index (κ3) is 2.72. The van der Waals surface area contributed by atoms with Crippen LogP contribution in [0.4, 0.5) is 0 Å². The zero-order valence-electron chi connectivity index (χ0n) is 10.2. The SMILES string of the molecule is CNC(=O)Cn1c(C(C)C)ccc(C#N)c1=O. The molecule has 0 fully saturated rings. The Balaban J connectivity index is 3.36. The lowest BCUT2D eigenvalue weighted by Crippen LogP contribution is -2.33. The van der Waals surface area contributed by atoms with E-state index in [1.165, 1.54) is 17.7 Å². The molecule has 5 nitrogen and oxygen atoms in total. The first kappa shape index (κ1) is 13.0. The smallest absolute Gasteiger partial charge is 0.269 e. The molecule has 1 amide bonds. The summed E-state index contributed by atoms with van der Waals surface area (Å²) in [5, 5.41) is 11.3. The highest BCUT2D eigenvalue weighted by atomic mass is 16.2. The van der Waals surface area contributed by atoms with Crippen molar-refractivity contribution >= 4 is 5.91 Å². The van der Waals surface area contributed by atoms with Gasteiger partial charge in [0.05, 0.1) is 0 Å². The summed E-state index contributed by atoms with van der Waals surface area (Å²) in [5.74, 6) is -0.149.